The number of aromatic nitrogens is 2. The van der Waals surface area contributed by atoms with E-state index in [-0.39, 0.29) is 24.3 Å². The number of nitrogens with one attached hydrogen (secondary N) is 1. The summed E-state index contributed by atoms with van der Waals surface area (Å²) < 4.78 is 43.4. The van der Waals surface area contributed by atoms with Crippen LogP contribution in [0, 0.1) is 6.92 Å². The molecule has 1 aliphatic carbocycles. The van der Waals surface area contributed by atoms with Crippen molar-refractivity contribution in [2.24, 2.45) is 5.73 Å². The fourth-order valence-corrected chi connectivity index (χ4v) is 6.38. The van der Waals surface area contributed by atoms with Gasteiger partial charge >= 0.3 is 10.1 Å². The number of hydrogen-bond donors (Lipinski definition) is 2. The molecule has 12 heteroatoms. The van der Waals surface area contributed by atoms with Gasteiger partial charge in [0, 0.05) is 28.2 Å². The molecule has 1 heterocycles. The molecule has 204 valence electrons. The van der Waals surface area contributed by atoms with Gasteiger partial charge in [0.05, 0.1) is 28.8 Å². The lowest BCUT2D eigenvalue weighted by Gasteiger charge is -2.28. The third-order valence-electron chi connectivity index (χ3n) is 6.40. The first-order chi connectivity index (χ1) is 18.1. The van der Waals surface area contributed by atoms with Gasteiger partial charge in [-0.25, -0.2) is 4.68 Å². The van der Waals surface area contributed by atoms with Crippen molar-refractivity contribution in [3.63, 3.8) is 0 Å². The first-order valence-corrected chi connectivity index (χ1v) is 15.0. The lowest BCUT2D eigenvalue weighted by Crippen LogP contribution is -2.42. The first-order valence-electron chi connectivity index (χ1n) is 12.3. The molecule has 2 unspecified atom stereocenters. The zero-order chi connectivity index (χ0) is 27.4. The third-order valence-corrected chi connectivity index (χ3v) is 8.49. The highest BCUT2D eigenvalue weighted by molar-refractivity contribution is 7.87. The van der Waals surface area contributed by atoms with E-state index in [4.69, 9.17) is 50.4 Å². The van der Waals surface area contributed by atoms with E-state index in [9.17, 15) is 12.8 Å². The van der Waals surface area contributed by atoms with Crippen LogP contribution < -0.4 is 15.2 Å². The van der Waals surface area contributed by atoms with Gasteiger partial charge in [-0.3, -0.25) is 4.39 Å². The molecule has 0 spiro atoms. The van der Waals surface area contributed by atoms with Crippen LogP contribution in [0.3, 0.4) is 0 Å². The smallest absolute Gasteiger partial charge is 0.309 e. The van der Waals surface area contributed by atoms with E-state index in [2.05, 4.69) is 5.32 Å². The Morgan fingerprint density at radius 3 is 2.63 bits per heavy atom. The second-order valence-electron chi connectivity index (χ2n) is 9.34. The van der Waals surface area contributed by atoms with E-state index in [0.29, 0.717) is 26.4 Å². The minimum absolute atomic E-state index is 0.121. The Hall–Kier alpha value is -2.24. The Balaban J connectivity index is 1.71. The summed E-state index contributed by atoms with van der Waals surface area (Å²) in [6.45, 7) is 1.19. The molecule has 3 N–H and O–H groups in total. The highest BCUT2D eigenvalue weighted by Crippen LogP contribution is 2.34. The summed E-state index contributed by atoms with van der Waals surface area (Å²) in [6.07, 6.45) is 3.75. The van der Waals surface area contributed by atoms with E-state index in [1.807, 2.05) is 6.92 Å². The predicted molar refractivity (Wildman–Crippen MR) is 154 cm³/mol. The molecule has 1 aliphatic rings. The molecular formula is C26H29Cl2FN4O3S2. The fourth-order valence-electron chi connectivity index (χ4n) is 4.58. The molecule has 0 aliphatic heterocycles. The van der Waals surface area contributed by atoms with Crippen molar-refractivity contribution in [1.29, 1.82) is 0 Å². The molecule has 0 bridgehead atoms. The second kappa shape index (κ2) is 12.3. The summed E-state index contributed by atoms with van der Waals surface area (Å²) in [5.74, 6) is -0.266. The van der Waals surface area contributed by atoms with Gasteiger partial charge in [-0.1, -0.05) is 35.4 Å². The van der Waals surface area contributed by atoms with Crippen molar-refractivity contribution in [3.8, 4) is 22.7 Å². The Morgan fingerprint density at radius 2 is 1.97 bits per heavy atom. The van der Waals surface area contributed by atoms with Gasteiger partial charge in [-0.15, -0.1) is 0 Å². The van der Waals surface area contributed by atoms with Crippen molar-refractivity contribution in [1.82, 2.24) is 15.1 Å². The Bertz CT molecular complexity index is 1410. The SMILES string of the molecule is Cc1c(C(=S)NC2CCCC(N)C2)nn(-c2ccc(Cl)cc2Cl)c1-c1ccc(OS(=O)(=O)CCCF)cc1. The highest BCUT2D eigenvalue weighted by atomic mass is 35.5. The summed E-state index contributed by atoms with van der Waals surface area (Å²) >= 11 is 18.5. The molecule has 0 radical (unpaired) electrons. The second-order valence-corrected chi connectivity index (χ2v) is 12.3. The molecule has 7 nitrogen and oxygen atoms in total. The predicted octanol–water partition coefficient (Wildman–Crippen LogP) is 5.76. The zero-order valence-corrected chi connectivity index (χ0v) is 23.9. The number of nitrogens with two attached hydrogens (primary N) is 1. The molecular weight excluding hydrogens is 570 g/mol. The highest BCUT2D eigenvalue weighted by Gasteiger charge is 2.25. The van der Waals surface area contributed by atoms with E-state index in [1.165, 1.54) is 0 Å². The monoisotopic (exact) mass is 598 g/mol. The standard InChI is InChI=1S/C26H29Cl2FN4O3S2/c1-16-24(26(37)31-20-5-2-4-19(30)15-20)32-33(23-11-8-18(27)14-22(23)28)25(16)17-6-9-21(10-7-17)36-38(34,35)13-3-12-29/h6-11,14,19-20H,2-5,12-13,15,30H2,1H3,(H,31,37). The molecule has 3 aromatic rings. The van der Waals surface area contributed by atoms with Crippen LogP contribution in [-0.2, 0) is 10.1 Å². The van der Waals surface area contributed by atoms with Crippen LogP contribution in [0.15, 0.2) is 42.5 Å². The van der Waals surface area contributed by atoms with Gasteiger partial charge in [0.1, 0.15) is 16.4 Å². The van der Waals surface area contributed by atoms with Gasteiger partial charge in [-0.05, 0) is 81.5 Å². The Kier molecular flexibility index (Phi) is 9.31. The minimum atomic E-state index is -3.89. The number of rotatable bonds is 9. The third kappa shape index (κ3) is 6.84. The van der Waals surface area contributed by atoms with Gasteiger partial charge in [-0.2, -0.15) is 13.5 Å². The first kappa shape index (κ1) is 28.8. The van der Waals surface area contributed by atoms with Crippen molar-refractivity contribution < 1.29 is 17.0 Å². The van der Waals surface area contributed by atoms with E-state index >= 15 is 0 Å². The molecule has 4 rings (SSSR count). The Morgan fingerprint density at radius 1 is 1.24 bits per heavy atom. The lowest BCUT2D eigenvalue weighted by molar-refractivity contribution is 0.371. The van der Waals surface area contributed by atoms with Crippen LogP contribution in [-0.4, -0.2) is 47.7 Å². The van der Waals surface area contributed by atoms with E-state index in [1.54, 1.807) is 47.1 Å². The number of nitrogens with zero attached hydrogens (tertiary/aromatic N) is 2. The van der Waals surface area contributed by atoms with E-state index in [0.717, 1.165) is 42.5 Å². The fraction of sp³-hybridized carbons (Fsp3) is 0.385. The van der Waals surface area contributed by atoms with Crippen molar-refractivity contribution in [2.45, 2.75) is 51.1 Å². The van der Waals surface area contributed by atoms with Crippen LogP contribution in [0.2, 0.25) is 10.0 Å². The number of thiocarbonyl (C=S) groups is 1. The molecule has 0 saturated heterocycles. The zero-order valence-electron chi connectivity index (χ0n) is 20.8. The van der Waals surface area contributed by atoms with Crippen LogP contribution in [0.4, 0.5) is 4.39 Å². The maximum absolute atomic E-state index is 12.4. The molecule has 2 atom stereocenters. The number of alkyl halides is 1. The normalized spacial score (nSPS) is 17.8. The summed E-state index contributed by atoms with van der Waals surface area (Å²) in [6, 6.07) is 12.0. The average Bonchev–Trinajstić information content (AvgIpc) is 3.20. The largest absolute Gasteiger partial charge is 0.382 e. The van der Waals surface area contributed by atoms with Gasteiger partial charge in [0.25, 0.3) is 0 Å². The Labute approximate surface area is 237 Å². The van der Waals surface area contributed by atoms with E-state index < -0.39 is 22.5 Å². The van der Waals surface area contributed by atoms with Crippen LogP contribution in [0.25, 0.3) is 16.9 Å². The lowest BCUT2D eigenvalue weighted by atomic mass is 9.91. The van der Waals surface area contributed by atoms with Crippen LogP contribution >= 0.6 is 35.4 Å². The topological polar surface area (TPSA) is 99.2 Å². The van der Waals surface area contributed by atoms with Crippen molar-refractivity contribution in [2.75, 3.05) is 12.4 Å². The summed E-state index contributed by atoms with van der Waals surface area (Å²) in [5, 5.41) is 9.17. The van der Waals surface area contributed by atoms with Gasteiger partial charge in [0.2, 0.25) is 0 Å². The number of halogens is 3. The maximum Gasteiger partial charge on any atom is 0.309 e. The van der Waals surface area contributed by atoms with Crippen LogP contribution in [0.1, 0.15) is 43.4 Å². The van der Waals surface area contributed by atoms with Gasteiger partial charge < -0.3 is 15.2 Å². The average molecular weight is 600 g/mol. The van der Waals surface area contributed by atoms with Crippen LogP contribution in [0.5, 0.6) is 5.75 Å². The molecule has 1 aromatic heterocycles. The van der Waals surface area contributed by atoms with Crippen molar-refractivity contribution >= 4 is 50.5 Å². The minimum Gasteiger partial charge on any atom is -0.382 e. The quantitative estimate of drug-likeness (QED) is 0.239. The molecule has 38 heavy (non-hydrogen) atoms. The molecule has 1 saturated carbocycles. The summed E-state index contributed by atoms with van der Waals surface area (Å²) in [4.78, 5) is 0.519. The van der Waals surface area contributed by atoms with Gasteiger partial charge in [0.15, 0.2) is 0 Å². The molecule has 1 fully saturated rings. The maximum atomic E-state index is 12.4. The summed E-state index contributed by atoms with van der Waals surface area (Å²) in [7, 11) is -3.89. The number of hydrogen-bond acceptors (Lipinski definition) is 6. The molecule has 0 amide bonds. The molecule has 2 aromatic carbocycles. The summed E-state index contributed by atoms with van der Waals surface area (Å²) in [5.41, 5.74) is 9.65. The van der Waals surface area contributed by atoms with Crippen molar-refractivity contribution in [3.05, 3.63) is 63.8 Å². The number of benzene rings is 2.